The van der Waals surface area contributed by atoms with E-state index >= 15 is 0 Å². The number of rotatable bonds is 6. The first-order valence-electron chi connectivity index (χ1n) is 6.04. The van der Waals surface area contributed by atoms with Crippen LogP contribution in [0.4, 0.5) is 4.79 Å². The van der Waals surface area contributed by atoms with Crippen LogP contribution >= 0.6 is 0 Å². The van der Waals surface area contributed by atoms with Crippen molar-refractivity contribution >= 4 is 12.0 Å². The minimum absolute atomic E-state index is 0.0985. The summed E-state index contributed by atoms with van der Waals surface area (Å²) in [5.74, 6) is -1.02. The van der Waals surface area contributed by atoms with E-state index in [2.05, 4.69) is 11.4 Å². The Morgan fingerprint density at radius 3 is 2.83 bits per heavy atom. The number of aliphatic carboxylic acids is 1. The number of allylic oxidation sites excluding steroid dienone is 1. The van der Waals surface area contributed by atoms with E-state index in [0.717, 1.165) is 19.3 Å². The smallest absolute Gasteiger partial charge is 0.323 e. The summed E-state index contributed by atoms with van der Waals surface area (Å²) in [6.45, 7) is 0.292. The number of ether oxygens (including phenoxy) is 1. The van der Waals surface area contributed by atoms with Crippen LogP contribution in [0.2, 0.25) is 0 Å². The second-order valence-electron chi connectivity index (χ2n) is 4.24. The average Bonchev–Trinajstić information content (AvgIpc) is 2.35. The van der Waals surface area contributed by atoms with Crippen molar-refractivity contribution < 1.29 is 19.4 Å². The quantitative estimate of drug-likeness (QED) is 0.690. The van der Waals surface area contributed by atoms with Crippen LogP contribution < -0.4 is 5.32 Å². The van der Waals surface area contributed by atoms with Crippen LogP contribution in [0.15, 0.2) is 12.2 Å². The van der Waals surface area contributed by atoms with Crippen molar-refractivity contribution in [2.75, 3.05) is 26.8 Å². The van der Waals surface area contributed by atoms with Crippen LogP contribution in [-0.2, 0) is 9.53 Å². The van der Waals surface area contributed by atoms with Gasteiger partial charge in [-0.2, -0.15) is 0 Å². The second-order valence-corrected chi connectivity index (χ2v) is 4.24. The fourth-order valence-corrected chi connectivity index (χ4v) is 1.81. The van der Waals surface area contributed by atoms with E-state index < -0.39 is 5.97 Å². The van der Waals surface area contributed by atoms with Gasteiger partial charge in [-0.1, -0.05) is 12.2 Å². The first kappa shape index (κ1) is 14.5. The number of carboxylic acid groups (broad SMARTS) is 1. The van der Waals surface area contributed by atoms with E-state index in [9.17, 15) is 9.59 Å². The molecule has 0 spiro atoms. The Hall–Kier alpha value is -1.56. The molecular weight excluding hydrogens is 236 g/mol. The lowest BCUT2D eigenvalue weighted by Gasteiger charge is -2.25. The minimum atomic E-state index is -1.02. The number of nitrogens with one attached hydrogen (secondary N) is 1. The Kier molecular flexibility index (Phi) is 6.21. The van der Waals surface area contributed by atoms with Crippen LogP contribution in [0.3, 0.4) is 0 Å². The standard InChI is InChI=1S/C12H20N2O4/c1-18-8-7-14(9-11(15)16)12(17)13-10-5-3-2-4-6-10/h2-3,10H,4-9H2,1H3,(H,13,17)(H,15,16). The molecule has 1 unspecified atom stereocenters. The SMILES string of the molecule is COCCN(CC(=O)O)C(=O)NC1CC=CCC1. The normalized spacial score (nSPS) is 18.4. The molecule has 1 aliphatic carbocycles. The Bertz CT molecular complexity index is 317. The van der Waals surface area contributed by atoms with Crippen LogP contribution in [0.25, 0.3) is 0 Å². The van der Waals surface area contributed by atoms with E-state index in [1.807, 2.05) is 6.08 Å². The number of carboxylic acids is 1. The molecule has 18 heavy (non-hydrogen) atoms. The monoisotopic (exact) mass is 256 g/mol. The minimum Gasteiger partial charge on any atom is -0.480 e. The highest BCUT2D eigenvalue weighted by Crippen LogP contribution is 2.10. The Morgan fingerprint density at radius 1 is 1.50 bits per heavy atom. The van der Waals surface area contributed by atoms with Crippen molar-refractivity contribution in [3.63, 3.8) is 0 Å². The molecule has 0 fully saturated rings. The molecule has 0 aliphatic heterocycles. The molecular formula is C12H20N2O4. The molecule has 102 valence electrons. The number of hydrogen-bond acceptors (Lipinski definition) is 3. The summed E-state index contributed by atoms with van der Waals surface area (Å²) in [5, 5.41) is 11.6. The van der Waals surface area contributed by atoms with Gasteiger partial charge in [0.1, 0.15) is 6.54 Å². The molecule has 6 nitrogen and oxygen atoms in total. The molecule has 0 aromatic rings. The molecule has 0 bridgehead atoms. The number of hydrogen-bond donors (Lipinski definition) is 2. The molecule has 0 saturated carbocycles. The van der Waals surface area contributed by atoms with Crippen molar-refractivity contribution in [1.29, 1.82) is 0 Å². The molecule has 6 heteroatoms. The van der Waals surface area contributed by atoms with E-state index in [4.69, 9.17) is 9.84 Å². The number of nitrogens with zero attached hydrogens (tertiary/aromatic N) is 1. The number of urea groups is 1. The third-order valence-electron chi connectivity index (χ3n) is 2.78. The molecule has 2 amide bonds. The maximum atomic E-state index is 11.9. The highest BCUT2D eigenvalue weighted by molar-refractivity contribution is 5.80. The van der Waals surface area contributed by atoms with Crippen molar-refractivity contribution in [2.24, 2.45) is 0 Å². The van der Waals surface area contributed by atoms with Gasteiger partial charge in [0.25, 0.3) is 0 Å². The first-order chi connectivity index (χ1) is 8.63. The van der Waals surface area contributed by atoms with Gasteiger partial charge in [0.15, 0.2) is 0 Å². The lowest BCUT2D eigenvalue weighted by molar-refractivity contribution is -0.137. The summed E-state index contributed by atoms with van der Waals surface area (Å²) >= 11 is 0. The third kappa shape index (κ3) is 5.18. The van der Waals surface area contributed by atoms with Gasteiger partial charge in [0, 0.05) is 19.7 Å². The maximum absolute atomic E-state index is 11.9. The summed E-state index contributed by atoms with van der Waals surface area (Å²) < 4.78 is 4.87. The summed E-state index contributed by atoms with van der Waals surface area (Å²) in [4.78, 5) is 23.9. The van der Waals surface area contributed by atoms with Crippen LogP contribution in [0, 0.1) is 0 Å². The Morgan fingerprint density at radius 2 is 2.28 bits per heavy atom. The lowest BCUT2D eigenvalue weighted by atomic mass is 10.0. The van der Waals surface area contributed by atoms with Gasteiger partial charge in [0.2, 0.25) is 0 Å². The van der Waals surface area contributed by atoms with E-state index in [1.54, 1.807) is 0 Å². The fourth-order valence-electron chi connectivity index (χ4n) is 1.81. The summed E-state index contributed by atoms with van der Waals surface area (Å²) in [7, 11) is 1.52. The average molecular weight is 256 g/mol. The molecule has 1 atom stereocenters. The van der Waals surface area contributed by atoms with Crippen LogP contribution in [0.5, 0.6) is 0 Å². The number of methoxy groups -OCH3 is 1. The van der Waals surface area contributed by atoms with Crippen molar-refractivity contribution in [3.8, 4) is 0 Å². The maximum Gasteiger partial charge on any atom is 0.323 e. The zero-order chi connectivity index (χ0) is 13.4. The van der Waals surface area contributed by atoms with Crippen molar-refractivity contribution in [2.45, 2.75) is 25.3 Å². The molecule has 2 N–H and O–H groups in total. The molecule has 0 radical (unpaired) electrons. The van der Waals surface area contributed by atoms with Crippen LogP contribution in [0.1, 0.15) is 19.3 Å². The van der Waals surface area contributed by atoms with Crippen molar-refractivity contribution in [1.82, 2.24) is 10.2 Å². The van der Waals surface area contributed by atoms with Gasteiger partial charge in [-0.3, -0.25) is 4.79 Å². The predicted octanol–water partition coefficient (Wildman–Crippen LogP) is 0.838. The Labute approximate surface area is 107 Å². The lowest BCUT2D eigenvalue weighted by Crippen LogP contribution is -2.48. The van der Waals surface area contributed by atoms with Gasteiger partial charge < -0.3 is 20.1 Å². The molecule has 0 aromatic heterocycles. The third-order valence-corrected chi connectivity index (χ3v) is 2.78. The first-order valence-corrected chi connectivity index (χ1v) is 6.04. The van der Waals surface area contributed by atoms with E-state index in [0.29, 0.717) is 6.61 Å². The van der Waals surface area contributed by atoms with E-state index in [1.165, 1.54) is 12.0 Å². The summed E-state index contributed by atoms with van der Waals surface area (Å²) in [6.07, 6.45) is 6.76. The second kappa shape index (κ2) is 7.71. The molecule has 0 heterocycles. The highest BCUT2D eigenvalue weighted by atomic mass is 16.5. The topological polar surface area (TPSA) is 78.9 Å². The Balaban J connectivity index is 2.46. The molecule has 0 aromatic carbocycles. The van der Waals surface area contributed by atoms with Gasteiger partial charge >= 0.3 is 12.0 Å². The highest BCUT2D eigenvalue weighted by Gasteiger charge is 2.19. The van der Waals surface area contributed by atoms with Crippen molar-refractivity contribution in [3.05, 3.63) is 12.2 Å². The zero-order valence-corrected chi connectivity index (χ0v) is 10.6. The van der Waals surface area contributed by atoms with Gasteiger partial charge in [0.05, 0.1) is 6.61 Å². The summed E-state index contributed by atoms with van der Waals surface area (Å²) in [6, 6.07) is -0.240. The number of amides is 2. The summed E-state index contributed by atoms with van der Waals surface area (Å²) in [5.41, 5.74) is 0. The number of carbonyl (C=O) groups is 2. The zero-order valence-electron chi connectivity index (χ0n) is 10.6. The largest absolute Gasteiger partial charge is 0.480 e. The van der Waals surface area contributed by atoms with Gasteiger partial charge in [-0.05, 0) is 19.3 Å². The molecule has 0 saturated heterocycles. The molecule has 1 rings (SSSR count). The van der Waals surface area contributed by atoms with Crippen LogP contribution in [-0.4, -0.2) is 54.9 Å². The predicted molar refractivity (Wildman–Crippen MR) is 66.4 cm³/mol. The molecule has 1 aliphatic rings. The van der Waals surface area contributed by atoms with E-state index in [-0.39, 0.29) is 25.2 Å². The number of carbonyl (C=O) groups excluding carboxylic acids is 1. The van der Waals surface area contributed by atoms with Gasteiger partial charge in [-0.15, -0.1) is 0 Å². The fraction of sp³-hybridized carbons (Fsp3) is 0.667. The van der Waals surface area contributed by atoms with Gasteiger partial charge in [-0.25, -0.2) is 4.79 Å².